The fourth-order valence-corrected chi connectivity index (χ4v) is 3.37. The summed E-state index contributed by atoms with van der Waals surface area (Å²) in [6.45, 7) is 0. The Labute approximate surface area is 160 Å². The summed E-state index contributed by atoms with van der Waals surface area (Å²) >= 11 is 3.35. The topological polar surface area (TPSA) is 57.6 Å². The predicted octanol–water partition coefficient (Wildman–Crippen LogP) is 3.84. The molecule has 3 rings (SSSR count). The van der Waals surface area contributed by atoms with Gasteiger partial charge in [0.2, 0.25) is 0 Å². The summed E-state index contributed by atoms with van der Waals surface area (Å²) < 4.78 is 0.742. The van der Waals surface area contributed by atoms with Crippen LogP contribution in [0.25, 0.3) is 6.08 Å². The van der Waals surface area contributed by atoms with Crippen molar-refractivity contribution in [3.05, 3.63) is 82.4 Å². The van der Waals surface area contributed by atoms with Gasteiger partial charge in [0, 0.05) is 17.1 Å². The SMILES string of the molecule is CN1C(=O)C(O)(CC(=O)C=CC=Cc2ccccc2)c2cc(Br)ccc21. The van der Waals surface area contributed by atoms with E-state index in [4.69, 9.17) is 0 Å². The lowest BCUT2D eigenvalue weighted by Gasteiger charge is -2.20. The predicted molar refractivity (Wildman–Crippen MR) is 106 cm³/mol. The second kappa shape index (κ2) is 7.40. The van der Waals surface area contributed by atoms with Crippen LogP contribution in [0.4, 0.5) is 5.69 Å². The number of nitrogens with zero attached hydrogens (tertiary/aromatic N) is 1. The number of fused-ring (bicyclic) bond motifs is 1. The van der Waals surface area contributed by atoms with E-state index in [-0.39, 0.29) is 12.2 Å². The zero-order chi connectivity index (χ0) is 18.7. The first-order valence-electron chi connectivity index (χ1n) is 8.15. The molecule has 2 aromatic rings. The second-order valence-electron chi connectivity index (χ2n) is 6.16. The lowest BCUT2D eigenvalue weighted by atomic mass is 9.90. The van der Waals surface area contributed by atoms with Crippen molar-refractivity contribution in [1.29, 1.82) is 0 Å². The van der Waals surface area contributed by atoms with Crippen molar-refractivity contribution in [3.8, 4) is 0 Å². The molecule has 1 aliphatic heterocycles. The monoisotopic (exact) mass is 411 g/mol. The van der Waals surface area contributed by atoms with Crippen LogP contribution >= 0.6 is 15.9 Å². The molecule has 1 amide bonds. The number of likely N-dealkylation sites (N-methyl/N-ethyl adjacent to an activating group) is 1. The molecule has 1 atom stereocenters. The minimum absolute atomic E-state index is 0.296. The van der Waals surface area contributed by atoms with Crippen molar-refractivity contribution in [2.45, 2.75) is 12.0 Å². The lowest BCUT2D eigenvalue weighted by molar-refractivity contribution is -0.140. The highest BCUT2D eigenvalue weighted by Gasteiger charge is 2.49. The number of halogens is 1. The van der Waals surface area contributed by atoms with Gasteiger partial charge in [0.05, 0.1) is 12.1 Å². The van der Waals surface area contributed by atoms with Crippen LogP contribution in [0.2, 0.25) is 0 Å². The molecule has 1 aliphatic rings. The maximum absolute atomic E-state index is 12.5. The van der Waals surface area contributed by atoms with Gasteiger partial charge in [0.1, 0.15) is 0 Å². The third kappa shape index (κ3) is 3.54. The van der Waals surface area contributed by atoms with Crippen molar-refractivity contribution in [2.75, 3.05) is 11.9 Å². The van der Waals surface area contributed by atoms with Crippen molar-refractivity contribution in [1.82, 2.24) is 0 Å². The van der Waals surface area contributed by atoms with Gasteiger partial charge in [-0.1, -0.05) is 64.5 Å². The quantitative estimate of drug-likeness (QED) is 0.600. The minimum Gasteiger partial charge on any atom is -0.375 e. The third-order valence-electron chi connectivity index (χ3n) is 4.34. The van der Waals surface area contributed by atoms with E-state index in [0.29, 0.717) is 11.3 Å². The summed E-state index contributed by atoms with van der Waals surface area (Å²) in [6.07, 6.45) is 6.32. The zero-order valence-electron chi connectivity index (χ0n) is 14.2. The normalized spacial score (nSPS) is 19.5. The van der Waals surface area contributed by atoms with Crippen LogP contribution < -0.4 is 4.90 Å². The number of amides is 1. The van der Waals surface area contributed by atoms with E-state index in [1.807, 2.05) is 36.4 Å². The van der Waals surface area contributed by atoms with E-state index >= 15 is 0 Å². The van der Waals surface area contributed by atoms with Gasteiger partial charge >= 0.3 is 0 Å². The summed E-state index contributed by atoms with van der Waals surface area (Å²) in [6, 6.07) is 14.9. The molecule has 1 N–H and O–H groups in total. The number of anilines is 1. The summed E-state index contributed by atoms with van der Waals surface area (Å²) in [7, 11) is 1.59. The Kier molecular flexibility index (Phi) is 5.20. The number of hydrogen-bond donors (Lipinski definition) is 1. The standard InChI is InChI=1S/C21H18BrNO3/c1-23-19-12-11-16(22)13-18(19)21(26,20(23)25)14-17(24)10-6-5-9-15-7-3-2-4-8-15/h2-13,26H,14H2,1H3. The molecule has 0 bridgehead atoms. The Morgan fingerprint density at radius 2 is 1.92 bits per heavy atom. The Hall–Kier alpha value is -2.50. The van der Waals surface area contributed by atoms with E-state index in [9.17, 15) is 14.7 Å². The molecule has 0 fully saturated rings. The number of allylic oxidation sites excluding steroid dienone is 3. The van der Waals surface area contributed by atoms with Crippen molar-refractivity contribution in [2.24, 2.45) is 0 Å². The van der Waals surface area contributed by atoms with Crippen molar-refractivity contribution < 1.29 is 14.7 Å². The van der Waals surface area contributed by atoms with Crippen LogP contribution in [-0.2, 0) is 15.2 Å². The molecule has 0 aromatic heterocycles. The number of rotatable bonds is 5. The summed E-state index contributed by atoms with van der Waals surface area (Å²) in [4.78, 5) is 26.2. The summed E-state index contributed by atoms with van der Waals surface area (Å²) in [5.41, 5.74) is 0.246. The average Bonchev–Trinajstić information content (AvgIpc) is 2.81. The van der Waals surface area contributed by atoms with Gasteiger partial charge in [0.25, 0.3) is 5.91 Å². The summed E-state index contributed by atoms with van der Waals surface area (Å²) in [5.74, 6) is -0.813. The average molecular weight is 412 g/mol. The van der Waals surface area contributed by atoms with Crippen LogP contribution in [0.1, 0.15) is 17.5 Å². The first kappa shape index (κ1) is 18.3. The van der Waals surface area contributed by atoms with Crippen LogP contribution in [0, 0.1) is 0 Å². The van der Waals surface area contributed by atoms with Gasteiger partial charge in [-0.15, -0.1) is 0 Å². The molecule has 1 heterocycles. The Morgan fingerprint density at radius 1 is 1.19 bits per heavy atom. The Balaban J connectivity index is 1.75. The zero-order valence-corrected chi connectivity index (χ0v) is 15.8. The number of benzene rings is 2. The van der Waals surface area contributed by atoms with Crippen LogP contribution in [0.3, 0.4) is 0 Å². The highest BCUT2D eigenvalue weighted by Crippen LogP contribution is 2.42. The fourth-order valence-electron chi connectivity index (χ4n) is 3.01. The fraction of sp³-hybridized carbons (Fsp3) is 0.143. The largest absolute Gasteiger partial charge is 0.375 e. The van der Waals surface area contributed by atoms with E-state index in [2.05, 4.69) is 15.9 Å². The highest BCUT2D eigenvalue weighted by atomic mass is 79.9. The molecule has 0 saturated carbocycles. The van der Waals surface area contributed by atoms with Gasteiger partial charge < -0.3 is 10.0 Å². The Morgan fingerprint density at radius 3 is 2.65 bits per heavy atom. The van der Waals surface area contributed by atoms with Gasteiger partial charge in [-0.2, -0.15) is 0 Å². The molecule has 5 heteroatoms. The molecule has 0 aliphatic carbocycles. The molecule has 0 spiro atoms. The number of aliphatic hydroxyl groups is 1. The maximum atomic E-state index is 12.5. The molecule has 2 aromatic carbocycles. The van der Waals surface area contributed by atoms with Crippen LogP contribution in [0.5, 0.6) is 0 Å². The molecule has 132 valence electrons. The first-order valence-corrected chi connectivity index (χ1v) is 8.94. The molecular weight excluding hydrogens is 394 g/mol. The van der Waals surface area contributed by atoms with Gasteiger partial charge in [-0.25, -0.2) is 0 Å². The maximum Gasteiger partial charge on any atom is 0.263 e. The Bertz CT molecular complexity index is 905. The highest BCUT2D eigenvalue weighted by molar-refractivity contribution is 9.10. The number of ketones is 1. The van der Waals surface area contributed by atoms with Gasteiger partial charge in [0.15, 0.2) is 11.4 Å². The van der Waals surface area contributed by atoms with Crippen molar-refractivity contribution in [3.63, 3.8) is 0 Å². The summed E-state index contributed by atoms with van der Waals surface area (Å²) in [5, 5.41) is 10.9. The molecule has 0 radical (unpaired) electrons. The minimum atomic E-state index is -1.83. The lowest BCUT2D eigenvalue weighted by Crippen LogP contribution is -2.40. The number of carbonyl (C=O) groups is 2. The van der Waals surface area contributed by atoms with Gasteiger partial charge in [-0.3, -0.25) is 9.59 Å². The van der Waals surface area contributed by atoms with Crippen molar-refractivity contribution >= 4 is 39.4 Å². The number of hydrogen-bond acceptors (Lipinski definition) is 3. The number of carbonyl (C=O) groups excluding carboxylic acids is 2. The van der Waals surface area contributed by atoms with E-state index < -0.39 is 11.5 Å². The second-order valence-corrected chi connectivity index (χ2v) is 7.07. The molecule has 0 saturated heterocycles. The smallest absolute Gasteiger partial charge is 0.263 e. The molecule has 26 heavy (non-hydrogen) atoms. The van der Waals surface area contributed by atoms with Crippen LogP contribution in [-0.4, -0.2) is 23.8 Å². The third-order valence-corrected chi connectivity index (χ3v) is 4.83. The molecule has 4 nitrogen and oxygen atoms in total. The van der Waals surface area contributed by atoms with E-state index in [1.165, 1.54) is 11.0 Å². The molecule has 1 unspecified atom stereocenters. The van der Waals surface area contributed by atoms with Crippen LogP contribution in [0.15, 0.2) is 71.2 Å². The van der Waals surface area contributed by atoms with Gasteiger partial charge in [-0.05, 0) is 29.8 Å². The van der Waals surface area contributed by atoms with E-state index in [1.54, 1.807) is 37.4 Å². The molecular formula is C21H18BrNO3. The van der Waals surface area contributed by atoms with E-state index in [0.717, 1.165) is 10.0 Å². The first-order chi connectivity index (χ1) is 12.4.